The quantitative estimate of drug-likeness (QED) is 0.825. The highest BCUT2D eigenvalue weighted by Gasteiger charge is 2.28. The van der Waals surface area contributed by atoms with Crippen molar-refractivity contribution in [2.45, 2.75) is 39.0 Å². The van der Waals surface area contributed by atoms with Crippen molar-refractivity contribution >= 4 is 17.5 Å². The minimum Gasteiger partial charge on any atom is -0.483 e. The molecule has 0 saturated carbocycles. The van der Waals surface area contributed by atoms with Crippen LogP contribution in [0.1, 0.15) is 39.2 Å². The zero-order valence-corrected chi connectivity index (χ0v) is 17.5. The maximum absolute atomic E-state index is 12.6. The van der Waals surface area contributed by atoms with Gasteiger partial charge < -0.3 is 15.0 Å². The Kier molecular flexibility index (Phi) is 6.57. The van der Waals surface area contributed by atoms with Gasteiger partial charge in [0, 0.05) is 24.7 Å². The first kappa shape index (κ1) is 20.9. The highest BCUT2D eigenvalue weighted by molar-refractivity contribution is 5.92. The third-order valence-electron chi connectivity index (χ3n) is 5.31. The number of carbonyl (C=O) groups is 2. The zero-order valence-electron chi connectivity index (χ0n) is 17.5. The SMILES string of the molecule is CC(C)(C)c1ccccc1OCC(=O)N1CCC(C(=O)Nc2ccccc2)CC1. The van der Waals surface area contributed by atoms with Crippen LogP contribution in [0.4, 0.5) is 5.69 Å². The van der Waals surface area contributed by atoms with E-state index in [-0.39, 0.29) is 29.8 Å². The van der Waals surface area contributed by atoms with Gasteiger partial charge in [-0.2, -0.15) is 0 Å². The molecule has 2 aromatic rings. The zero-order chi connectivity index (χ0) is 20.9. The molecular weight excluding hydrogens is 364 g/mol. The highest BCUT2D eigenvalue weighted by Crippen LogP contribution is 2.31. The van der Waals surface area contributed by atoms with Crippen LogP contribution in [0.2, 0.25) is 0 Å². The molecule has 5 heteroatoms. The van der Waals surface area contributed by atoms with Gasteiger partial charge >= 0.3 is 0 Å². The standard InChI is InChI=1S/C24H30N2O3/c1-24(2,3)20-11-7-8-12-21(20)29-17-22(27)26-15-13-18(14-16-26)23(28)25-19-9-5-4-6-10-19/h4-12,18H,13-17H2,1-3H3,(H,25,28). The van der Waals surface area contributed by atoms with Gasteiger partial charge in [-0.25, -0.2) is 0 Å². The first-order valence-electron chi connectivity index (χ1n) is 10.2. The van der Waals surface area contributed by atoms with E-state index in [0.29, 0.717) is 25.9 Å². The Morgan fingerprint density at radius 3 is 2.28 bits per heavy atom. The minimum atomic E-state index is -0.0678. The second-order valence-corrected chi connectivity index (χ2v) is 8.55. The number of piperidine rings is 1. The van der Waals surface area contributed by atoms with Crippen molar-refractivity contribution in [3.8, 4) is 5.75 Å². The molecule has 0 aromatic heterocycles. The van der Waals surface area contributed by atoms with Gasteiger partial charge in [-0.3, -0.25) is 9.59 Å². The normalized spacial score (nSPS) is 15.1. The van der Waals surface area contributed by atoms with Crippen LogP contribution in [0.25, 0.3) is 0 Å². The number of nitrogens with zero attached hydrogens (tertiary/aromatic N) is 1. The fourth-order valence-corrected chi connectivity index (χ4v) is 3.60. The van der Waals surface area contributed by atoms with E-state index in [2.05, 4.69) is 26.1 Å². The predicted molar refractivity (Wildman–Crippen MR) is 115 cm³/mol. The molecule has 1 fully saturated rings. The fourth-order valence-electron chi connectivity index (χ4n) is 3.60. The average molecular weight is 395 g/mol. The number of para-hydroxylation sites is 2. The van der Waals surface area contributed by atoms with Crippen molar-refractivity contribution in [3.05, 3.63) is 60.2 Å². The molecule has 1 heterocycles. The van der Waals surface area contributed by atoms with Gasteiger partial charge in [0.25, 0.3) is 5.91 Å². The number of hydrogen-bond acceptors (Lipinski definition) is 3. The highest BCUT2D eigenvalue weighted by atomic mass is 16.5. The molecule has 1 saturated heterocycles. The predicted octanol–water partition coefficient (Wildman–Crippen LogP) is 4.24. The number of carbonyl (C=O) groups excluding carboxylic acids is 2. The lowest BCUT2D eigenvalue weighted by Gasteiger charge is -2.31. The van der Waals surface area contributed by atoms with E-state index in [0.717, 1.165) is 17.0 Å². The number of benzene rings is 2. The topological polar surface area (TPSA) is 58.6 Å². The van der Waals surface area contributed by atoms with Gasteiger partial charge in [0.1, 0.15) is 5.75 Å². The molecule has 0 bridgehead atoms. The van der Waals surface area contributed by atoms with Gasteiger partial charge in [0.15, 0.2) is 6.61 Å². The van der Waals surface area contributed by atoms with Gasteiger partial charge in [0.2, 0.25) is 5.91 Å². The van der Waals surface area contributed by atoms with Crippen LogP contribution in [0.3, 0.4) is 0 Å². The number of rotatable bonds is 5. The summed E-state index contributed by atoms with van der Waals surface area (Å²) in [6, 6.07) is 17.3. The summed E-state index contributed by atoms with van der Waals surface area (Å²) >= 11 is 0. The lowest BCUT2D eigenvalue weighted by Crippen LogP contribution is -2.43. The Morgan fingerprint density at radius 2 is 1.62 bits per heavy atom. The molecule has 29 heavy (non-hydrogen) atoms. The third-order valence-corrected chi connectivity index (χ3v) is 5.31. The summed E-state index contributed by atoms with van der Waals surface area (Å²) in [7, 11) is 0. The Labute approximate surface area is 173 Å². The van der Waals surface area contributed by atoms with Crippen molar-refractivity contribution in [2.24, 2.45) is 5.92 Å². The van der Waals surface area contributed by atoms with Gasteiger partial charge in [-0.1, -0.05) is 57.2 Å². The lowest BCUT2D eigenvalue weighted by atomic mass is 9.86. The Balaban J connectivity index is 1.49. The number of nitrogens with one attached hydrogen (secondary N) is 1. The van der Waals surface area contributed by atoms with Crippen molar-refractivity contribution in [1.29, 1.82) is 0 Å². The number of ether oxygens (including phenoxy) is 1. The molecule has 3 rings (SSSR count). The maximum atomic E-state index is 12.6. The minimum absolute atomic E-state index is 0.0218. The van der Waals surface area contributed by atoms with Crippen molar-refractivity contribution in [1.82, 2.24) is 4.90 Å². The number of likely N-dealkylation sites (tertiary alicyclic amines) is 1. The van der Waals surface area contributed by atoms with E-state index < -0.39 is 0 Å². The average Bonchev–Trinajstić information content (AvgIpc) is 2.72. The fraction of sp³-hybridized carbons (Fsp3) is 0.417. The monoisotopic (exact) mass is 394 g/mol. The van der Waals surface area contributed by atoms with Gasteiger partial charge in [-0.15, -0.1) is 0 Å². The maximum Gasteiger partial charge on any atom is 0.260 e. The molecule has 0 radical (unpaired) electrons. The first-order valence-corrected chi connectivity index (χ1v) is 10.2. The van der Waals surface area contributed by atoms with E-state index in [9.17, 15) is 9.59 Å². The van der Waals surface area contributed by atoms with E-state index in [1.54, 1.807) is 4.90 Å². The molecule has 2 aromatic carbocycles. The second kappa shape index (κ2) is 9.12. The van der Waals surface area contributed by atoms with Crippen LogP contribution in [-0.4, -0.2) is 36.4 Å². The Morgan fingerprint density at radius 1 is 1.00 bits per heavy atom. The summed E-state index contributed by atoms with van der Waals surface area (Å²) in [6.07, 6.45) is 1.34. The summed E-state index contributed by atoms with van der Waals surface area (Å²) in [5, 5.41) is 2.96. The largest absolute Gasteiger partial charge is 0.483 e. The molecule has 2 amide bonds. The molecule has 5 nitrogen and oxygen atoms in total. The van der Waals surface area contributed by atoms with Crippen LogP contribution < -0.4 is 10.1 Å². The van der Waals surface area contributed by atoms with E-state index in [1.165, 1.54) is 0 Å². The van der Waals surface area contributed by atoms with Crippen LogP contribution in [0.15, 0.2) is 54.6 Å². The molecule has 1 aliphatic rings. The molecule has 154 valence electrons. The van der Waals surface area contributed by atoms with Crippen molar-refractivity contribution in [2.75, 3.05) is 25.0 Å². The van der Waals surface area contributed by atoms with Crippen LogP contribution in [0, 0.1) is 5.92 Å². The first-order chi connectivity index (χ1) is 13.8. The van der Waals surface area contributed by atoms with Crippen LogP contribution in [-0.2, 0) is 15.0 Å². The molecular formula is C24H30N2O3. The summed E-state index contributed by atoms with van der Waals surface area (Å²) < 4.78 is 5.86. The molecule has 1 N–H and O–H groups in total. The number of hydrogen-bond donors (Lipinski definition) is 1. The van der Waals surface area contributed by atoms with Crippen LogP contribution in [0.5, 0.6) is 5.75 Å². The third kappa shape index (κ3) is 5.59. The molecule has 1 aliphatic heterocycles. The lowest BCUT2D eigenvalue weighted by molar-refractivity contribution is -0.136. The number of amides is 2. The molecule has 0 atom stereocenters. The Bertz CT molecular complexity index is 835. The molecule has 0 aliphatic carbocycles. The Hall–Kier alpha value is -2.82. The smallest absolute Gasteiger partial charge is 0.260 e. The molecule has 0 unspecified atom stereocenters. The van der Waals surface area contributed by atoms with Gasteiger partial charge in [-0.05, 0) is 42.0 Å². The summed E-state index contributed by atoms with van der Waals surface area (Å²) in [4.78, 5) is 26.8. The van der Waals surface area contributed by atoms with E-state index in [1.807, 2.05) is 54.6 Å². The second-order valence-electron chi connectivity index (χ2n) is 8.55. The van der Waals surface area contributed by atoms with Crippen LogP contribution >= 0.6 is 0 Å². The van der Waals surface area contributed by atoms with Crippen molar-refractivity contribution in [3.63, 3.8) is 0 Å². The van der Waals surface area contributed by atoms with Crippen molar-refractivity contribution < 1.29 is 14.3 Å². The molecule has 0 spiro atoms. The summed E-state index contributed by atoms with van der Waals surface area (Å²) in [5.41, 5.74) is 1.84. The van der Waals surface area contributed by atoms with E-state index in [4.69, 9.17) is 4.74 Å². The number of anilines is 1. The summed E-state index contributed by atoms with van der Waals surface area (Å²) in [6.45, 7) is 7.56. The summed E-state index contributed by atoms with van der Waals surface area (Å²) in [5.74, 6) is 0.682. The van der Waals surface area contributed by atoms with Gasteiger partial charge in [0.05, 0.1) is 0 Å². The van der Waals surface area contributed by atoms with E-state index >= 15 is 0 Å².